The van der Waals surface area contributed by atoms with Gasteiger partial charge in [0.05, 0.1) is 35.6 Å². The van der Waals surface area contributed by atoms with Crippen molar-refractivity contribution in [3.8, 4) is 11.5 Å². The Morgan fingerprint density at radius 1 is 1.15 bits per heavy atom. The van der Waals surface area contributed by atoms with Crippen LogP contribution in [0, 0.1) is 11.6 Å². The Bertz CT molecular complexity index is 1470. The van der Waals surface area contributed by atoms with E-state index in [1.165, 1.54) is 25.3 Å². The zero-order valence-corrected chi connectivity index (χ0v) is 22.5. The van der Waals surface area contributed by atoms with Gasteiger partial charge < -0.3 is 30.1 Å². The summed E-state index contributed by atoms with van der Waals surface area (Å²) in [5.41, 5.74) is 1.67. The number of rotatable bonds is 9. The molecule has 1 aromatic heterocycles. The molecular weight excluding hydrogens is 555 g/mol. The number of methoxy groups -OCH3 is 2. The second kappa shape index (κ2) is 11.4. The lowest BCUT2D eigenvalue weighted by molar-refractivity contribution is -0.104. The summed E-state index contributed by atoms with van der Waals surface area (Å²) < 4.78 is 38.6. The van der Waals surface area contributed by atoms with E-state index in [-0.39, 0.29) is 39.5 Å². The summed E-state index contributed by atoms with van der Waals surface area (Å²) in [5.74, 6) is -1.21. The Morgan fingerprint density at radius 3 is 2.36 bits per heavy atom. The number of halogens is 4. The number of carbonyl (C=O) groups excluding carboxylic acids is 1. The van der Waals surface area contributed by atoms with Crippen molar-refractivity contribution in [1.29, 1.82) is 0 Å². The molecule has 3 N–H and O–H groups in total. The number of nitrogens with zero attached hydrogens (tertiary/aromatic N) is 3. The van der Waals surface area contributed by atoms with Gasteiger partial charge in [0.2, 0.25) is 5.95 Å². The number of benzene rings is 2. The van der Waals surface area contributed by atoms with E-state index in [1.54, 1.807) is 19.2 Å². The van der Waals surface area contributed by atoms with Crippen molar-refractivity contribution in [2.45, 2.75) is 6.23 Å². The number of aldehydes is 1. The van der Waals surface area contributed by atoms with Crippen LogP contribution < -0.4 is 25.0 Å². The smallest absolute Gasteiger partial charge is 0.229 e. The third-order valence-electron chi connectivity index (χ3n) is 5.93. The molecule has 9 nitrogen and oxygen atoms in total. The average molecular weight is 578 g/mol. The molecule has 4 rings (SSSR count). The van der Waals surface area contributed by atoms with Crippen molar-refractivity contribution >= 4 is 64.3 Å². The van der Waals surface area contributed by atoms with Crippen LogP contribution >= 0.6 is 23.2 Å². The quantitative estimate of drug-likeness (QED) is 0.230. The van der Waals surface area contributed by atoms with Crippen LogP contribution in [-0.2, 0) is 4.79 Å². The van der Waals surface area contributed by atoms with E-state index in [4.69, 9.17) is 32.7 Å². The van der Waals surface area contributed by atoms with Crippen LogP contribution in [0.1, 0.15) is 11.1 Å². The van der Waals surface area contributed by atoms with Crippen LogP contribution in [0.15, 0.2) is 36.5 Å². The second-order valence-corrected chi connectivity index (χ2v) is 9.16. The number of fused-ring (bicyclic) bond motifs is 1. The lowest BCUT2D eigenvalue weighted by Gasteiger charge is -2.33. The first-order valence-electron chi connectivity index (χ1n) is 11.3. The fourth-order valence-corrected chi connectivity index (χ4v) is 4.62. The molecule has 1 aliphatic rings. The van der Waals surface area contributed by atoms with Gasteiger partial charge in [-0.1, -0.05) is 29.8 Å². The Kier molecular flexibility index (Phi) is 8.24. The molecule has 0 amide bonds. The number of carbonyl (C=O) groups is 1. The summed E-state index contributed by atoms with van der Waals surface area (Å²) in [6, 6.07) is 3.41. The van der Waals surface area contributed by atoms with Gasteiger partial charge in [-0.3, -0.25) is 4.79 Å². The van der Waals surface area contributed by atoms with Crippen LogP contribution in [0.2, 0.25) is 10.0 Å². The zero-order valence-electron chi connectivity index (χ0n) is 21.0. The van der Waals surface area contributed by atoms with Crippen LogP contribution in [0.4, 0.5) is 31.9 Å². The highest BCUT2D eigenvalue weighted by Crippen LogP contribution is 2.47. The Balaban J connectivity index is 1.74. The molecule has 0 fully saturated rings. The van der Waals surface area contributed by atoms with Crippen LogP contribution in [0.5, 0.6) is 11.5 Å². The van der Waals surface area contributed by atoms with E-state index in [9.17, 15) is 18.7 Å². The van der Waals surface area contributed by atoms with Gasteiger partial charge in [0, 0.05) is 60.3 Å². The maximum Gasteiger partial charge on any atom is 0.229 e. The molecule has 1 aliphatic heterocycles. The maximum absolute atomic E-state index is 14.0. The van der Waals surface area contributed by atoms with Crippen molar-refractivity contribution in [1.82, 2.24) is 9.97 Å². The summed E-state index contributed by atoms with van der Waals surface area (Å²) >= 11 is 13.1. The average Bonchev–Trinajstić information content (AvgIpc) is 2.92. The first-order valence-corrected chi connectivity index (χ1v) is 12.1. The predicted octanol–water partition coefficient (Wildman–Crippen LogP) is 5.30. The first kappa shape index (κ1) is 28.1. The number of aromatic nitrogens is 2. The highest BCUT2D eigenvalue weighted by molar-refractivity contribution is 6.40. The SMILES string of the molecule is C=C(C=O)CNc1cc(F)c(F)cc1Nc1ncc2c(n1)N(C)C(O)C(c1c(Cl)c(OC)cc(OC)c1Cl)=C2. The van der Waals surface area contributed by atoms with Crippen LogP contribution in [0.3, 0.4) is 0 Å². The Morgan fingerprint density at radius 2 is 1.77 bits per heavy atom. The first-order chi connectivity index (χ1) is 18.6. The summed E-state index contributed by atoms with van der Waals surface area (Å²) in [7, 11) is 4.49. The summed E-state index contributed by atoms with van der Waals surface area (Å²) in [5, 5.41) is 17.2. The van der Waals surface area contributed by atoms with Gasteiger partial charge in [0.15, 0.2) is 17.9 Å². The molecule has 1 atom stereocenters. The molecular formula is C26H23Cl2F2N5O4. The fourth-order valence-electron chi connectivity index (χ4n) is 3.90. The van der Waals surface area contributed by atoms with Crippen molar-refractivity contribution in [2.24, 2.45) is 0 Å². The number of likely N-dealkylation sites (N-methyl/N-ethyl adjacent to an activating group) is 1. The topological polar surface area (TPSA) is 109 Å². The lowest BCUT2D eigenvalue weighted by Crippen LogP contribution is -2.36. The van der Waals surface area contributed by atoms with Crippen molar-refractivity contribution in [3.63, 3.8) is 0 Å². The minimum absolute atomic E-state index is 0.0109. The third kappa shape index (κ3) is 5.47. The molecule has 0 bridgehead atoms. The van der Waals surface area contributed by atoms with Gasteiger partial charge in [0.1, 0.15) is 23.6 Å². The second-order valence-electron chi connectivity index (χ2n) is 8.41. The van der Waals surface area contributed by atoms with Crippen LogP contribution in [0.25, 0.3) is 11.6 Å². The molecule has 39 heavy (non-hydrogen) atoms. The number of ether oxygens (including phenoxy) is 2. The summed E-state index contributed by atoms with van der Waals surface area (Å²) in [6.07, 6.45) is 2.43. The summed E-state index contributed by atoms with van der Waals surface area (Å²) in [6.45, 7) is 3.57. The zero-order chi connectivity index (χ0) is 28.4. The van der Waals surface area contributed by atoms with Crippen molar-refractivity contribution < 1.29 is 28.2 Å². The number of hydrogen-bond acceptors (Lipinski definition) is 9. The number of nitrogens with one attached hydrogen (secondary N) is 2. The normalized spacial score (nSPS) is 14.3. The van der Waals surface area contributed by atoms with E-state index >= 15 is 0 Å². The minimum atomic E-state index is -1.23. The molecule has 13 heteroatoms. The number of anilines is 4. The molecule has 204 valence electrons. The van der Waals surface area contributed by atoms with Gasteiger partial charge in [0.25, 0.3) is 0 Å². The van der Waals surface area contributed by atoms with E-state index in [2.05, 4.69) is 27.2 Å². The third-order valence-corrected chi connectivity index (χ3v) is 6.68. The fraction of sp³-hybridized carbons (Fsp3) is 0.192. The molecule has 0 aliphatic carbocycles. The Hall–Kier alpha value is -3.93. The standard InChI is InChI=1S/C26H23Cl2F2N5O4/c1-12(11-36)9-31-17-6-15(29)16(30)7-18(17)33-26-32-10-13-5-14(25(37)35(2)24(13)34-26)21-22(27)19(38-3)8-20(39-4)23(21)28/h5-8,10-11,25,31,37H,1,9H2,2-4H3,(H,32,33,34). The van der Waals surface area contributed by atoms with E-state index in [0.29, 0.717) is 40.3 Å². The van der Waals surface area contributed by atoms with Crippen LogP contribution in [-0.4, -0.2) is 55.4 Å². The maximum atomic E-state index is 14.0. The minimum Gasteiger partial charge on any atom is -0.495 e. The lowest BCUT2D eigenvalue weighted by atomic mass is 9.97. The Labute approximate surface area is 232 Å². The molecule has 0 saturated heterocycles. The highest BCUT2D eigenvalue weighted by Gasteiger charge is 2.31. The number of aliphatic hydroxyl groups is 1. The molecule has 0 saturated carbocycles. The molecule has 2 aromatic carbocycles. The number of aliphatic hydroxyl groups excluding tert-OH is 1. The van der Waals surface area contributed by atoms with Crippen molar-refractivity contribution in [2.75, 3.05) is 43.3 Å². The van der Waals surface area contributed by atoms with Gasteiger partial charge in [-0.2, -0.15) is 4.98 Å². The molecule has 0 spiro atoms. The van der Waals surface area contributed by atoms with Crippen molar-refractivity contribution in [3.05, 3.63) is 69.4 Å². The van der Waals surface area contributed by atoms with Gasteiger partial charge >= 0.3 is 0 Å². The van der Waals surface area contributed by atoms with Gasteiger partial charge in [-0.05, 0) is 6.08 Å². The van der Waals surface area contributed by atoms with E-state index in [0.717, 1.165) is 12.1 Å². The molecule has 1 unspecified atom stereocenters. The van der Waals surface area contributed by atoms with Gasteiger partial charge in [-0.15, -0.1) is 0 Å². The molecule has 3 aromatic rings. The van der Waals surface area contributed by atoms with E-state index in [1.807, 2.05) is 0 Å². The predicted molar refractivity (Wildman–Crippen MR) is 147 cm³/mol. The molecule has 0 radical (unpaired) electrons. The van der Waals surface area contributed by atoms with E-state index < -0.39 is 17.9 Å². The largest absolute Gasteiger partial charge is 0.495 e. The number of hydrogen-bond donors (Lipinski definition) is 3. The van der Waals surface area contributed by atoms with Gasteiger partial charge in [-0.25, -0.2) is 13.8 Å². The molecule has 2 heterocycles. The monoisotopic (exact) mass is 577 g/mol. The highest BCUT2D eigenvalue weighted by atomic mass is 35.5. The summed E-state index contributed by atoms with van der Waals surface area (Å²) in [4.78, 5) is 21.1.